The number of benzene rings is 1. The standard InChI is InChI=1S/C12H7F4NO3S/c1-5-9(10(18)19)21-11(17-5)20-8-4-6(12(14,15)16)2-3-7(8)13/h2-4H,1H3,(H,18,19). The first-order chi connectivity index (χ1) is 9.68. The van der Waals surface area contributed by atoms with Gasteiger partial charge in [-0.1, -0.05) is 11.3 Å². The molecular formula is C12H7F4NO3S. The summed E-state index contributed by atoms with van der Waals surface area (Å²) in [4.78, 5) is 14.4. The summed E-state index contributed by atoms with van der Waals surface area (Å²) in [5, 5.41) is 8.60. The third-order valence-corrected chi connectivity index (χ3v) is 3.45. The topological polar surface area (TPSA) is 59.4 Å². The van der Waals surface area contributed by atoms with E-state index in [1.807, 2.05) is 0 Å². The van der Waals surface area contributed by atoms with Crippen LogP contribution in [0.2, 0.25) is 0 Å². The van der Waals surface area contributed by atoms with Gasteiger partial charge in [-0.05, 0) is 25.1 Å². The van der Waals surface area contributed by atoms with E-state index in [9.17, 15) is 22.4 Å². The quantitative estimate of drug-likeness (QED) is 0.865. The van der Waals surface area contributed by atoms with Gasteiger partial charge in [-0.25, -0.2) is 14.2 Å². The number of ether oxygens (including phenoxy) is 1. The fourth-order valence-corrected chi connectivity index (χ4v) is 2.24. The number of rotatable bonds is 3. The highest BCUT2D eigenvalue weighted by molar-refractivity contribution is 7.15. The van der Waals surface area contributed by atoms with Gasteiger partial charge in [-0.15, -0.1) is 0 Å². The Morgan fingerprint density at radius 1 is 1.38 bits per heavy atom. The molecule has 0 radical (unpaired) electrons. The van der Waals surface area contributed by atoms with Crippen LogP contribution in [0.4, 0.5) is 17.6 Å². The highest BCUT2D eigenvalue weighted by Crippen LogP contribution is 2.35. The number of nitrogens with zero attached hydrogens (tertiary/aromatic N) is 1. The number of aromatic nitrogens is 1. The van der Waals surface area contributed by atoms with Crippen molar-refractivity contribution in [2.24, 2.45) is 0 Å². The van der Waals surface area contributed by atoms with Crippen molar-refractivity contribution in [3.63, 3.8) is 0 Å². The van der Waals surface area contributed by atoms with Gasteiger partial charge in [0.25, 0.3) is 5.19 Å². The summed E-state index contributed by atoms with van der Waals surface area (Å²) in [6.45, 7) is 1.40. The van der Waals surface area contributed by atoms with Crippen molar-refractivity contribution in [3.8, 4) is 10.9 Å². The second-order valence-corrected chi connectivity index (χ2v) is 4.91. The first-order valence-electron chi connectivity index (χ1n) is 5.44. The summed E-state index contributed by atoms with van der Waals surface area (Å²) in [6, 6.07) is 1.70. The van der Waals surface area contributed by atoms with Crippen LogP contribution in [0.3, 0.4) is 0 Å². The van der Waals surface area contributed by atoms with Crippen LogP contribution >= 0.6 is 11.3 Å². The van der Waals surface area contributed by atoms with Crippen molar-refractivity contribution < 1.29 is 32.2 Å². The number of hydrogen-bond donors (Lipinski definition) is 1. The Balaban J connectivity index is 2.35. The van der Waals surface area contributed by atoms with Crippen LogP contribution in [-0.2, 0) is 6.18 Å². The number of hydrogen-bond acceptors (Lipinski definition) is 4. The average molecular weight is 321 g/mol. The number of carboxylic acid groups (broad SMARTS) is 1. The zero-order valence-electron chi connectivity index (χ0n) is 10.4. The Kier molecular flexibility index (Phi) is 3.86. The lowest BCUT2D eigenvalue weighted by Gasteiger charge is -2.09. The first kappa shape index (κ1) is 15.2. The summed E-state index contributed by atoms with van der Waals surface area (Å²) in [7, 11) is 0. The molecule has 2 aromatic rings. The van der Waals surface area contributed by atoms with Gasteiger partial charge >= 0.3 is 12.1 Å². The molecule has 0 fully saturated rings. The highest BCUT2D eigenvalue weighted by atomic mass is 32.1. The molecule has 0 spiro atoms. The SMILES string of the molecule is Cc1nc(Oc2cc(C(F)(F)F)ccc2F)sc1C(=O)O. The van der Waals surface area contributed by atoms with Gasteiger partial charge in [-0.3, -0.25) is 0 Å². The molecule has 112 valence electrons. The molecule has 0 aliphatic carbocycles. The van der Waals surface area contributed by atoms with Gasteiger partial charge in [0.2, 0.25) is 0 Å². The number of alkyl halides is 3. The molecule has 1 aromatic carbocycles. The molecule has 1 N–H and O–H groups in total. The van der Waals surface area contributed by atoms with Crippen molar-refractivity contribution >= 4 is 17.3 Å². The van der Waals surface area contributed by atoms with E-state index in [4.69, 9.17) is 9.84 Å². The van der Waals surface area contributed by atoms with Crippen LogP contribution in [0.15, 0.2) is 18.2 Å². The van der Waals surface area contributed by atoms with Crippen molar-refractivity contribution in [2.75, 3.05) is 0 Å². The molecule has 1 heterocycles. The van der Waals surface area contributed by atoms with Gasteiger partial charge in [-0.2, -0.15) is 13.2 Å². The fourth-order valence-electron chi connectivity index (χ4n) is 1.47. The Morgan fingerprint density at radius 2 is 2.05 bits per heavy atom. The third kappa shape index (κ3) is 3.30. The second kappa shape index (κ2) is 5.32. The van der Waals surface area contributed by atoms with Crippen LogP contribution in [-0.4, -0.2) is 16.1 Å². The summed E-state index contributed by atoms with van der Waals surface area (Å²) in [5.74, 6) is -2.92. The minimum Gasteiger partial charge on any atom is -0.477 e. The third-order valence-electron chi connectivity index (χ3n) is 2.43. The van der Waals surface area contributed by atoms with E-state index in [1.54, 1.807) is 0 Å². The molecule has 0 aliphatic rings. The van der Waals surface area contributed by atoms with Gasteiger partial charge in [0, 0.05) is 0 Å². The van der Waals surface area contributed by atoms with E-state index in [0.717, 1.165) is 0 Å². The van der Waals surface area contributed by atoms with E-state index in [-0.39, 0.29) is 15.8 Å². The van der Waals surface area contributed by atoms with E-state index in [0.29, 0.717) is 29.5 Å². The van der Waals surface area contributed by atoms with Crippen molar-refractivity contribution in [2.45, 2.75) is 13.1 Å². The first-order valence-corrected chi connectivity index (χ1v) is 6.25. The predicted octanol–water partition coefficient (Wildman–Crippen LogP) is 4.10. The van der Waals surface area contributed by atoms with E-state index in [2.05, 4.69) is 4.98 Å². The molecule has 4 nitrogen and oxygen atoms in total. The molecule has 1 aromatic heterocycles. The van der Waals surface area contributed by atoms with Crippen LogP contribution in [0.1, 0.15) is 20.9 Å². The van der Waals surface area contributed by atoms with E-state index < -0.39 is 29.3 Å². The summed E-state index contributed by atoms with van der Waals surface area (Å²) >= 11 is 0.604. The number of aromatic carboxylic acids is 1. The van der Waals surface area contributed by atoms with Crippen LogP contribution in [0.5, 0.6) is 10.9 Å². The molecule has 0 bridgehead atoms. The van der Waals surface area contributed by atoms with E-state index >= 15 is 0 Å². The fraction of sp³-hybridized carbons (Fsp3) is 0.167. The number of carbonyl (C=O) groups is 1. The largest absolute Gasteiger partial charge is 0.477 e. The monoisotopic (exact) mass is 321 g/mol. The molecule has 9 heteroatoms. The molecule has 2 rings (SSSR count). The minimum atomic E-state index is -4.64. The molecular weight excluding hydrogens is 314 g/mol. The number of aryl methyl sites for hydroxylation is 1. The van der Waals surface area contributed by atoms with Crippen LogP contribution in [0, 0.1) is 12.7 Å². The van der Waals surface area contributed by atoms with Gasteiger partial charge in [0.1, 0.15) is 4.88 Å². The zero-order valence-corrected chi connectivity index (χ0v) is 11.2. The summed E-state index contributed by atoms with van der Waals surface area (Å²) in [5.41, 5.74) is -0.944. The molecule has 0 aliphatic heterocycles. The maximum atomic E-state index is 13.5. The number of halogens is 4. The molecule has 0 amide bonds. The van der Waals surface area contributed by atoms with Crippen molar-refractivity contribution in [3.05, 3.63) is 40.2 Å². The van der Waals surface area contributed by atoms with Crippen molar-refractivity contribution in [1.82, 2.24) is 4.98 Å². The van der Waals surface area contributed by atoms with E-state index in [1.165, 1.54) is 6.92 Å². The maximum Gasteiger partial charge on any atom is 0.416 e. The lowest BCUT2D eigenvalue weighted by Crippen LogP contribution is -2.05. The van der Waals surface area contributed by atoms with Gasteiger partial charge in [0.05, 0.1) is 11.3 Å². The number of thiazole rings is 1. The Hall–Kier alpha value is -2.16. The maximum absolute atomic E-state index is 13.5. The highest BCUT2D eigenvalue weighted by Gasteiger charge is 2.31. The second-order valence-electron chi connectivity index (χ2n) is 3.94. The normalized spacial score (nSPS) is 11.5. The minimum absolute atomic E-state index is 0.127. The Labute approximate surface area is 119 Å². The zero-order chi connectivity index (χ0) is 15.8. The lowest BCUT2D eigenvalue weighted by molar-refractivity contribution is -0.137. The molecule has 0 saturated heterocycles. The molecule has 0 atom stereocenters. The van der Waals surface area contributed by atoms with Crippen LogP contribution in [0.25, 0.3) is 0 Å². The number of carboxylic acids is 1. The van der Waals surface area contributed by atoms with Crippen LogP contribution < -0.4 is 4.74 Å². The summed E-state index contributed by atoms with van der Waals surface area (Å²) in [6.07, 6.45) is -4.64. The Morgan fingerprint density at radius 3 is 2.57 bits per heavy atom. The molecule has 21 heavy (non-hydrogen) atoms. The van der Waals surface area contributed by atoms with Crippen molar-refractivity contribution in [1.29, 1.82) is 0 Å². The van der Waals surface area contributed by atoms with Gasteiger partial charge < -0.3 is 9.84 Å². The Bertz CT molecular complexity index is 696. The van der Waals surface area contributed by atoms with Gasteiger partial charge in [0.15, 0.2) is 11.6 Å². The smallest absolute Gasteiger partial charge is 0.416 e. The molecule has 0 unspecified atom stereocenters. The average Bonchev–Trinajstić information content (AvgIpc) is 2.72. The lowest BCUT2D eigenvalue weighted by atomic mass is 10.2. The molecule has 0 saturated carbocycles. The summed E-state index contributed by atoms with van der Waals surface area (Å²) < 4.78 is 56.0. The predicted molar refractivity (Wildman–Crippen MR) is 65.3 cm³/mol.